The normalized spacial score (nSPS) is 41.8. The number of rotatable bonds is 5. The Kier molecular flexibility index (Phi) is 8.23. The third-order valence-electron chi connectivity index (χ3n) is 13.7. The number of hydrogen-bond acceptors (Lipinski definition) is 8. The second-order valence-electron chi connectivity index (χ2n) is 16.9. The van der Waals surface area contributed by atoms with E-state index in [0.717, 1.165) is 0 Å². The first-order valence-electron chi connectivity index (χ1n) is 18.1. The number of ether oxygens (including phenoxy) is 4. The summed E-state index contributed by atoms with van der Waals surface area (Å²) in [6.07, 6.45) is 3.12. The summed E-state index contributed by atoms with van der Waals surface area (Å²) in [5.41, 5.74) is -2.18. The van der Waals surface area contributed by atoms with Gasteiger partial charge in [-0.05, 0) is 0 Å². The van der Waals surface area contributed by atoms with E-state index in [9.17, 15) is 44.7 Å². The van der Waals surface area contributed by atoms with Gasteiger partial charge >= 0.3 is 309 Å². The average molecular weight is 879 g/mol. The van der Waals surface area contributed by atoms with Gasteiger partial charge in [0.15, 0.2) is 0 Å². The van der Waals surface area contributed by atoms with Crippen molar-refractivity contribution in [2.24, 2.45) is 46.3 Å². The molecule has 10 aliphatic rings. The standard InChI is InChI=1S/C36H39F8IO8/c37-31(38)16-48-35(49-17-32(31,39)40)22-6-20-7-23(35)13-29(10-20,12-22)27(46)52-45(26-4-2-1-3-5-26)53-28(47)30-11-21-8-24(14-30)36(25(9-21)15-30)50-18-33(41,42)34(43,44)19-51-36/h1-5,20-25H,6-19H2. The summed E-state index contributed by atoms with van der Waals surface area (Å²) in [6, 6.07) is 8.55. The molecule has 8 saturated carbocycles. The molecule has 53 heavy (non-hydrogen) atoms. The van der Waals surface area contributed by atoms with Gasteiger partial charge in [-0.2, -0.15) is 0 Å². The molecule has 0 amide bonds. The second kappa shape index (κ2) is 11.9. The predicted molar refractivity (Wildman–Crippen MR) is 172 cm³/mol. The van der Waals surface area contributed by atoms with Crippen LogP contribution in [0.15, 0.2) is 30.3 Å². The molecule has 11 rings (SSSR count). The molecule has 294 valence electrons. The van der Waals surface area contributed by atoms with Gasteiger partial charge in [-0.3, -0.25) is 0 Å². The minimum absolute atomic E-state index is 0.0173. The third-order valence-corrected chi connectivity index (χ3v) is 17.0. The summed E-state index contributed by atoms with van der Waals surface area (Å²) in [5, 5.41) is 0. The molecule has 2 saturated heterocycles. The fourth-order valence-corrected chi connectivity index (χ4v) is 14.8. The van der Waals surface area contributed by atoms with Gasteiger partial charge in [0.05, 0.1) is 0 Å². The van der Waals surface area contributed by atoms with Crippen LogP contribution in [0.5, 0.6) is 0 Å². The van der Waals surface area contributed by atoms with Crippen LogP contribution >= 0.6 is 20.6 Å². The molecule has 8 bridgehead atoms. The Bertz CT molecular complexity index is 1490. The molecule has 4 atom stereocenters. The maximum atomic E-state index is 14.3. The summed E-state index contributed by atoms with van der Waals surface area (Å²) in [4.78, 5) is 28.7. The molecule has 1 aromatic rings. The van der Waals surface area contributed by atoms with Crippen molar-refractivity contribution in [1.29, 1.82) is 0 Å². The Labute approximate surface area is 307 Å². The van der Waals surface area contributed by atoms with E-state index >= 15 is 0 Å². The summed E-state index contributed by atoms with van der Waals surface area (Å²) in [7, 11) is 0. The molecule has 8 aliphatic carbocycles. The van der Waals surface area contributed by atoms with E-state index in [-0.39, 0.29) is 37.5 Å². The van der Waals surface area contributed by atoms with Gasteiger partial charge in [-0.1, -0.05) is 0 Å². The van der Waals surface area contributed by atoms with E-state index in [2.05, 4.69) is 0 Å². The second-order valence-corrected chi connectivity index (χ2v) is 20.3. The predicted octanol–water partition coefficient (Wildman–Crippen LogP) is 7.96. The Morgan fingerprint density at radius 2 is 0.849 bits per heavy atom. The van der Waals surface area contributed by atoms with E-state index in [1.165, 1.54) is 0 Å². The fourth-order valence-electron chi connectivity index (χ4n) is 11.5. The molecular weight excluding hydrogens is 839 g/mol. The molecular formula is C36H39F8IO8. The summed E-state index contributed by atoms with van der Waals surface area (Å²) in [5.74, 6) is -24.7. The van der Waals surface area contributed by atoms with Crippen molar-refractivity contribution < 1.29 is 69.8 Å². The van der Waals surface area contributed by atoms with Crippen molar-refractivity contribution in [2.75, 3.05) is 26.4 Å². The van der Waals surface area contributed by atoms with E-state index in [1.807, 2.05) is 0 Å². The van der Waals surface area contributed by atoms with Crippen molar-refractivity contribution in [1.82, 2.24) is 0 Å². The van der Waals surface area contributed by atoms with Gasteiger partial charge in [0.2, 0.25) is 0 Å². The zero-order valence-corrected chi connectivity index (χ0v) is 30.6. The van der Waals surface area contributed by atoms with Crippen LogP contribution in [0.1, 0.15) is 64.2 Å². The van der Waals surface area contributed by atoms with Crippen molar-refractivity contribution in [2.45, 2.75) is 99.5 Å². The maximum absolute atomic E-state index is 14.3. The first-order valence-corrected chi connectivity index (χ1v) is 21.0. The quantitative estimate of drug-likeness (QED) is 0.218. The SMILES string of the molecule is O=C(OI(OC(=O)C12CC3CC(C1)C1(OCC(F)(F)C(F)(F)CO1)C(C3)C2)c1ccccc1)C12CC3CC(C1)C1(OCC(F)(F)C(F)(F)CO1)C(C3)C2. The first kappa shape index (κ1) is 36.8. The minimum atomic E-state index is -4.42. The van der Waals surface area contributed by atoms with Gasteiger partial charge in [-0.15, -0.1) is 0 Å². The van der Waals surface area contributed by atoms with Gasteiger partial charge < -0.3 is 0 Å². The number of alkyl halides is 8. The third kappa shape index (κ3) is 5.45. The Balaban J connectivity index is 0.944. The average Bonchev–Trinajstić information content (AvgIpc) is 3.25. The fraction of sp³-hybridized carbons (Fsp3) is 0.778. The van der Waals surface area contributed by atoms with Crippen LogP contribution in [0.3, 0.4) is 0 Å². The zero-order chi connectivity index (χ0) is 37.5. The Morgan fingerprint density at radius 3 is 1.17 bits per heavy atom. The van der Waals surface area contributed by atoms with E-state index in [0.29, 0.717) is 42.1 Å². The van der Waals surface area contributed by atoms with E-state index in [1.54, 1.807) is 30.3 Å². The van der Waals surface area contributed by atoms with Crippen molar-refractivity contribution in [3.63, 3.8) is 0 Å². The van der Waals surface area contributed by atoms with Crippen LogP contribution in [0.2, 0.25) is 0 Å². The van der Waals surface area contributed by atoms with E-state index in [4.69, 9.17) is 25.1 Å². The van der Waals surface area contributed by atoms with Gasteiger partial charge in [0, 0.05) is 0 Å². The molecule has 10 fully saturated rings. The summed E-state index contributed by atoms with van der Waals surface area (Å²) < 4.78 is 150. The molecule has 0 aromatic heterocycles. The van der Waals surface area contributed by atoms with Crippen molar-refractivity contribution in [3.8, 4) is 0 Å². The molecule has 1 aromatic carbocycles. The topological polar surface area (TPSA) is 89.5 Å². The van der Waals surface area contributed by atoms with Crippen LogP contribution in [0, 0.1) is 49.9 Å². The molecule has 2 heterocycles. The van der Waals surface area contributed by atoms with Gasteiger partial charge in [0.25, 0.3) is 0 Å². The van der Waals surface area contributed by atoms with Crippen molar-refractivity contribution in [3.05, 3.63) is 33.9 Å². The number of benzene rings is 1. The van der Waals surface area contributed by atoms with Crippen LogP contribution in [-0.4, -0.2) is 73.6 Å². The first-order chi connectivity index (χ1) is 24.8. The van der Waals surface area contributed by atoms with Gasteiger partial charge in [0.1, 0.15) is 0 Å². The molecule has 2 aliphatic heterocycles. The Morgan fingerprint density at radius 1 is 0.528 bits per heavy atom. The Hall–Kier alpha value is -1.83. The van der Waals surface area contributed by atoms with E-state index < -0.39 is 129 Å². The number of halogens is 9. The molecule has 17 heteroatoms. The number of carbonyl (C=O) groups is 2. The van der Waals surface area contributed by atoms with Crippen LogP contribution in [-0.2, 0) is 34.7 Å². The molecule has 0 N–H and O–H groups in total. The molecule has 4 unspecified atom stereocenters. The monoisotopic (exact) mass is 878 g/mol. The summed E-state index contributed by atoms with van der Waals surface area (Å²) >= 11 is -3.60. The molecule has 0 radical (unpaired) electrons. The number of hydrogen-bond donors (Lipinski definition) is 0. The van der Waals surface area contributed by atoms with Crippen molar-refractivity contribution >= 4 is 32.6 Å². The number of carbonyl (C=O) groups excluding carboxylic acids is 2. The summed E-state index contributed by atoms with van der Waals surface area (Å²) in [6.45, 7) is -6.01. The molecule has 2 spiro atoms. The zero-order valence-electron chi connectivity index (χ0n) is 28.4. The molecule has 8 nitrogen and oxygen atoms in total. The van der Waals surface area contributed by atoms with Gasteiger partial charge in [-0.25, -0.2) is 0 Å². The van der Waals surface area contributed by atoms with Crippen LogP contribution < -0.4 is 0 Å². The van der Waals surface area contributed by atoms with Crippen LogP contribution in [0.25, 0.3) is 0 Å². The van der Waals surface area contributed by atoms with Crippen LogP contribution in [0.4, 0.5) is 35.1 Å².